The van der Waals surface area contributed by atoms with Crippen LogP contribution in [0.4, 0.5) is 0 Å². The fraction of sp³-hybridized carbons (Fsp3) is 0.200. The fourth-order valence-corrected chi connectivity index (χ4v) is 0.258. The van der Waals surface area contributed by atoms with E-state index in [4.69, 9.17) is 29.5 Å². The Morgan fingerprint density at radius 2 is 1.43 bits per heavy atom. The zero-order chi connectivity index (χ0) is 11.9. The number of aliphatic carboxylic acids is 2. The quantitative estimate of drug-likeness (QED) is 0.310. The van der Waals surface area contributed by atoms with Crippen molar-refractivity contribution in [1.29, 1.82) is 0 Å². The largest absolute Gasteiger partial charge is 0.481 e. The highest BCUT2D eigenvalue weighted by atomic mass is 31.2. The monoisotopic (exact) mass is 228 g/mol. The zero-order valence-electron chi connectivity index (χ0n) is 6.82. The van der Waals surface area contributed by atoms with E-state index >= 15 is 0 Å². The number of phosphoric acid groups is 1. The van der Waals surface area contributed by atoms with Gasteiger partial charge in [-0.1, -0.05) is 6.58 Å². The molecule has 0 aromatic carbocycles. The molecule has 0 aromatic rings. The maximum atomic E-state index is 9.87. The maximum absolute atomic E-state index is 9.87. The normalized spacial score (nSPS) is 9.64. The Balaban J connectivity index is 0. The summed E-state index contributed by atoms with van der Waals surface area (Å²) in [6, 6.07) is 0. The van der Waals surface area contributed by atoms with Crippen LogP contribution in [0.5, 0.6) is 0 Å². The number of carboxylic acids is 2. The molecule has 0 aromatic heterocycles. The molecule has 0 aliphatic carbocycles. The van der Waals surface area contributed by atoms with Gasteiger partial charge in [0, 0.05) is 5.57 Å². The van der Waals surface area contributed by atoms with Gasteiger partial charge in [0.05, 0.1) is 6.42 Å². The molecule has 0 heterocycles. The lowest BCUT2D eigenvalue weighted by Crippen LogP contribution is -2.04. The molecule has 14 heavy (non-hydrogen) atoms. The lowest BCUT2D eigenvalue weighted by Gasteiger charge is -1.91. The highest BCUT2D eigenvalue weighted by Crippen LogP contribution is 2.25. The van der Waals surface area contributed by atoms with E-state index in [0.717, 1.165) is 0 Å². The molecule has 0 bridgehead atoms. The van der Waals surface area contributed by atoms with Crippen molar-refractivity contribution in [3.8, 4) is 0 Å². The molecule has 82 valence electrons. The van der Waals surface area contributed by atoms with E-state index in [1.165, 1.54) is 0 Å². The van der Waals surface area contributed by atoms with Crippen molar-refractivity contribution in [2.75, 3.05) is 0 Å². The third-order valence-corrected chi connectivity index (χ3v) is 0.667. The van der Waals surface area contributed by atoms with Gasteiger partial charge in [-0.2, -0.15) is 0 Å². The molecule has 0 spiro atoms. The minimum absolute atomic E-state index is 0.303. The minimum atomic E-state index is -4.64. The molecule has 0 aliphatic rings. The first-order valence-electron chi connectivity index (χ1n) is 2.95. The summed E-state index contributed by atoms with van der Waals surface area (Å²) in [6.45, 7) is 3.01. The molecule has 5 N–H and O–H groups in total. The van der Waals surface area contributed by atoms with Crippen LogP contribution in [0.1, 0.15) is 6.42 Å². The smallest absolute Gasteiger partial charge is 0.466 e. The third kappa shape index (κ3) is 22.4. The number of carbonyl (C=O) groups is 2. The molecule has 0 saturated carbocycles. The van der Waals surface area contributed by atoms with Crippen LogP contribution in [0.3, 0.4) is 0 Å². The third-order valence-electron chi connectivity index (χ3n) is 0.667. The SMILES string of the molecule is C=C(CC(=O)O)C(=O)O.O=P(O)(O)O. The van der Waals surface area contributed by atoms with Crippen molar-refractivity contribution in [3.63, 3.8) is 0 Å². The molecule has 0 atom stereocenters. The molecular formula is C5H9O8P. The molecule has 0 fully saturated rings. The summed E-state index contributed by atoms with van der Waals surface area (Å²) in [5.41, 5.74) is -0.303. The van der Waals surface area contributed by atoms with Gasteiger partial charge >= 0.3 is 19.8 Å². The molecule has 9 heteroatoms. The van der Waals surface area contributed by atoms with Crippen LogP contribution in [0.2, 0.25) is 0 Å². The number of hydrogen-bond donors (Lipinski definition) is 5. The van der Waals surface area contributed by atoms with E-state index in [9.17, 15) is 9.59 Å². The molecule has 0 radical (unpaired) electrons. The molecular weight excluding hydrogens is 219 g/mol. The van der Waals surface area contributed by atoms with Gasteiger partial charge in [-0.3, -0.25) is 4.79 Å². The predicted octanol–water partition coefficient (Wildman–Crippen LogP) is -0.827. The Hall–Kier alpha value is -1.21. The van der Waals surface area contributed by atoms with Crippen molar-refractivity contribution in [3.05, 3.63) is 12.2 Å². The number of carboxylic acid groups (broad SMARTS) is 2. The summed E-state index contributed by atoms with van der Waals surface area (Å²) in [7, 11) is -4.64. The first-order valence-corrected chi connectivity index (χ1v) is 4.51. The van der Waals surface area contributed by atoms with Crippen LogP contribution in [0.25, 0.3) is 0 Å². The van der Waals surface area contributed by atoms with Crippen molar-refractivity contribution < 1.29 is 39.0 Å². The van der Waals surface area contributed by atoms with Crippen LogP contribution in [0.15, 0.2) is 12.2 Å². The lowest BCUT2D eigenvalue weighted by atomic mass is 10.2. The maximum Gasteiger partial charge on any atom is 0.466 e. The van der Waals surface area contributed by atoms with Crippen molar-refractivity contribution in [2.24, 2.45) is 0 Å². The second-order valence-electron chi connectivity index (χ2n) is 1.99. The summed E-state index contributed by atoms with van der Waals surface area (Å²) in [6.07, 6.45) is -0.505. The van der Waals surface area contributed by atoms with Crippen LogP contribution in [-0.2, 0) is 14.2 Å². The summed E-state index contributed by atoms with van der Waals surface area (Å²) in [5, 5.41) is 16.1. The first kappa shape index (κ1) is 15.3. The topological polar surface area (TPSA) is 152 Å². The molecule has 8 nitrogen and oxygen atoms in total. The van der Waals surface area contributed by atoms with Gasteiger partial charge in [0.1, 0.15) is 0 Å². The Morgan fingerprint density at radius 1 is 1.14 bits per heavy atom. The van der Waals surface area contributed by atoms with Crippen molar-refractivity contribution in [2.45, 2.75) is 6.42 Å². The van der Waals surface area contributed by atoms with Gasteiger partial charge in [-0.25, -0.2) is 9.36 Å². The average Bonchev–Trinajstić information content (AvgIpc) is 1.80. The van der Waals surface area contributed by atoms with E-state index in [1.807, 2.05) is 0 Å². The van der Waals surface area contributed by atoms with Crippen LogP contribution in [0, 0.1) is 0 Å². The molecule has 0 aliphatic heterocycles. The van der Waals surface area contributed by atoms with E-state index in [1.54, 1.807) is 0 Å². The first-order chi connectivity index (χ1) is 6.04. The van der Waals surface area contributed by atoms with Crippen LogP contribution in [-0.4, -0.2) is 36.8 Å². The predicted molar refractivity (Wildman–Crippen MR) is 43.3 cm³/mol. The minimum Gasteiger partial charge on any atom is -0.481 e. The number of hydrogen-bond acceptors (Lipinski definition) is 3. The summed E-state index contributed by atoms with van der Waals surface area (Å²) in [4.78, 5) is 41.2. The van der Waals surface area contributed by atoms with E-state index < -0.39 is 26.2 Å². The standard InChI is InChI=1S/C5H6O4.H3O4P/c1-3(5(8)9)2-4(6)7;1-5(2,3)4/h1-2H2,(H,6,7)(H,8,9);(H3,1,2,3,4). The van der Waals surface area contributed by atoms with Crippen LogP contribution >= 0.6 is 7.82 Å². The summed E-state index contributed by atoms with van der Waals surface area (Å²) in [5.74, 6) is -2.44. The van der Waals surface area contributed by atoms with Gasteiger partial charge < -0.3 is 24.9 Å². The second kappa shape index (κ2) is 6.28. The van der Waals surface area contributed by atoms with Crippen molar-refractivity contribution in [1.82, 2.24) is 0 Å². The van der Waals surface area contributed by atoms with E-state index in [-0.39, 0.29) is 5.57 Å². The Labute approximate surface area is 78.4 Å². The fourth-order valence-electron chi connectivity index (χ4n) is 0.258. The van der Waals surface area contributed by atoms with E-state index in [0.29, 0.717) is 0 Å². The van der Waals surface area contributed by atoms with Crippen LogP contribution < -0.4 is 0 Å². The lowest BCUT2D eigenvalue weighted by molar-refractivity contribution is -0.139. The molecule has 0 amide bonds. The van der Waals surface area contributed by atoms with Crippen molar-refractivity contribution >= 4 is 19.8 Å². The Kier molecular flexibility index (Phi) is 6.84. The van der Waals surface area contributed by atoms with Gasteiger partial charge in [-0.15, -0.1) is 0 Å². The molecule has 0 saturated heterocycles. The summed E-state index contributed by atoms with van der Waals surface area (Å²) < 4.78 is 8.88. The zero-order valence-corrected chi connectivity index (χ0v) is 7.72. The average molecular weight is 228 g/mol. The second-order valence-corrected chi connectivity index (χ2v) is 3.02. The highest BCUT2D eigenvalue weighted by molar-refractivity contribution is 7.45. The van der Waals surface area contributed by atoms with Gasteiger partial charge in [0.15, 0.2) is 0 Å². The number of rotatable bonds is 3. The van der Waals surface area contributed by atoms with Gasteiger partial charge in [0.25, 0.3) is 0 Å². The molecule has 0 unspecified atom stereocenters. The highest BCUT2D eigenvalue weighted by Gasteiger charge is 2.07. The Bertz CT molecular complexity index is 267. The summed E-state index contributed by atoms with van der Waals surface area (Å²) >= 11 is 0. The van der Waals surface area contributed by atoms with Gasteiger partial charge in [0.2, 0.25) is 0 Å². The van der Waals surface area contributed by atoms with Gasteiger partial charge in [-0.05, 0) is 0 Å². The van der Waals surface area contributed by atoms with E-state index in [2.05, 4.69) is 6.58 Å². The Morgan fingerprint density at radius 3 is 1.50 bits per heavy atom. The molecule has 0 rings (SSSR count).